The van der Waals surface area contributed by atoms with Gasteiger partial charge >= 0.3 is 62.4 Å². The Kier molecular flexibility index (Phi) is 28.1. The summed E-state index contributed by atoms with van der Waals surface area (Å²) in [6.45, 7) is 8.94. The van der Waals surface area contributed by atoms with Crippen LogP contribution in [0.4, 0.5) is 17.6 Å². The summed E-state index contributed by atoms with van der Waals surface area (Å²) >= 11 is 2.39. The molecule has 208 valence electrons. The molecule has 2 aromatic carbocycles. The summed E-state index contributed by atoms with van der Waals surface area (Å²) in [5.41, 5.74) is -0.750. The van der Waals surface area contributed by atoms with Crippen LogP contribution in [0.3, 0.4) is 0 Å². The van der Waals surface area contributed by atoms with Crippen molar-refractivity contribution in [3.63, 3.8) is 0 Å². The number of hydrogen-bond acceptors (Lipinski definition) is 3. The van der Waals surface area contributed by atoms with Crippen LogP contribution in [0.5, 0.6) is 0 Å². The molecule has 0 saturated heterocycles. The normalized spacial score (nSPS) is 12.3. The number of halogens is 5. The molecule has 0 heterocycles. The fourth-order valence-electron chi connectivity index (χ4n) is 1.98. The van der Waals surface area contributed by atoms with Crippen molar-refractivity contribution >= 4 is 44.2 Å². The van der Waals surface area contributed by atoms with E-state index >= 15 is 0 Å². The summed E-state index contributed by atoms with van der Waals surface area (Å²) < 4.78 is 74.0. The van der Waals surface area contributed by atoms with Crippen molar-refractivity contribution in [1.82, 2.24) is 0 Å². The maximum Gasteiger partial charge on any atom is 1.00 e. The van der Waals surface area contributed by atoms with Crippen molar-refractivity contribution in [3.05, 3.63) is 60.7 Å². The van der Waals surface area contributed by atoms with E-state index in [2.05, 4.69) is 29.5 Å². The number of benzene rings is 2. The molecule has 3 nitrogen and oxygen atoms in total. The van der Waals surface area contributed by atoms with Gasteiger partial charge in [-0.2, -0.15) is 17.6 Å². The maximum atomic E-state index is 13.4. The molecule has 2 rings (SSSR count). The summed E-state index contributed by atoms with van der Waals surface area (Å²) in [6, 6.07) is 15.6. The SMILES string of the molecule is CC(C)(C)[O-].CCCCC(F)(F)S(=O)c1ccccc1.CCCCI.O=S(c1ccccc1)C(F)F.[K+]. The van der Waals surface area contributed by atoms with Gasteiger partial charge in [0.15, 0.2) is 0 Å². The quantitative estimate of drug-likeness (QED) is 0.161. The average Bonchev–Trinajstić information content (AvgIpc) is 2.83. The molecular weight excluding hydrogens is 666 g/mol. The molecule has 0 aliphatic heterocycles. The summed E-state index contributed by atoms with van der Waals surface area (Å²) in [5.74, 6) is -2.79. The molecule has 2 atom stereocenters. The van der Waals surface area contributed by atoms with Crippen LogP contribution in [0, 0.1) is 0 Å². The van der Waals surface area contributed by atoms with Gasteiger partial charge in [-0.15, -0.1) is 5.60 Å². The molecule has 37 heavy (non-hydrogen) atoms. The van der Waals surface area contributed by atoms with Crippen molar-refractivity contribution in [2.24, 2.45) is 0 Å². The standard InChI is InChI=1S/C11H14F2OS.C7H6F2OS.C4H9I.C4H9O.K/c1-2-3-9-11(12,13)15(14)10-7-5-4-6-8-10;8-7(9)11(10)6-4-2-1-3-5-6;1-2-3-4-5;1-4(2,3)5;/h4-8H,2-3,9H2,1H3;1-5,7H;2-4H2,1H3;1-3H3;/q;;;-1;+1. The van der Waals surface area contributed by atoms with Crippen molar-refractivity contribution in [2.45, 2.75) is 93.1 Å². The molecule has 0 N–H and O–H groups in total. The first-order valence-electron chi connectivity index (χ1n) is 11.6. The fourth-order valence-corrected chi connectivity index (χ4v) is 4.46. The van der Waals surface area contributed by atoms with Crippen molar-refractivity contribution in [1.29, 1.82) is 0 Å². The molecule has 0 bridgehead atoms. The van der Waals surface area contributed by atoms with Gasteiger partial charge in [-0.05, 0) is 41.5 Å². The first kappa shape index (κ1) is 42.3. The molecular formula is C26H38F4IKO3S2. The molecule has 0 saturated carbocycles. The van der Waals surface area contributed by atoms with Crippen molar-refractivity contribution < 1.29 is 82.5 Å². The number of unbranched alkanes of at least 4 members (excludes halogenated alkanes) is 2. The molecule has 2 aromatic rings. The monoisotopic (exact) mass is 704 g/mol. The average molecular weight is 705 g/mol. The Bertz CT molecular complexity index is 833. The Morgan fingerprint density at radius 3 is 1.51 bits per heavy atom. The third-order valence-corrected chi connectivity index (χ3v) is 6.94. The number of rotatable bonds is 9. The third kappa shape index (κ3) is 25.5. The third-order valence-electron chi connectivity index (χ3n) is 3.67. The second-order valence-electron chi connectivity index (χ2n) is 8.35. The van der Waals surface area contributed by atoms with E-state index in [1.807, 2.05) is 6.92 Å². The predicted octanol–water partition coefficient (Wildman–Crippen LogP) is 4.96. The van der Waals surface area contributed by atoms with Crippen LogP contribution in [-0.2, 0) is 21.6 Å². The summed E-state index contributed by atoms with van der Waals surface area (Å²) in [5, 5.41) is 6.99. The minimum absolute atomic E-state index is 0. The van der Waals surface area contributed by atoms with Gasteiger partial charge in [-0.1, -0.05) is 106 Å². The van der Waals surface area contributed by atoms with Gasteiger partial charge in [0.2, 0.25) is 0 Å². The van der Waals surface area contributed by atoms with E-state index in [9.17, 15) is 31.1 Å². The second-order valence-corrected chi connectivity index (χ2v) is 12.5. The minimum Gasteiger partial charge on any atom is -0.850 e. The first-order valence-corrected chi connectivity index (χ1v) is 15.4. The van der Waals surface area contributed by atoms with E-state index in [4.69, 9.17) is 0 Å². The van der Waals surface area contributed by atoms with Gasteiger partial charge in [-0.25, -0.2) is 8.42 Å². The number of hydrogen-bond donors (Lipinski definition) is 0. The predicted molar refractivity (Wildman–Crippen MR) is 150 cm³/mol. The zero-order valence-corrected chi connectivity index (χ0v) is 29.4. The fraction of sp³-hybridized carbons (Fsp3) is 0.538. The molecule has 2 unspecified atom stereocenters. The molecule has 0 fully saturated rings. The second kappa shape index (κ2) is 24.6. The van der Waals surface area contributed by atoms with Gasteiger partial charge < -0.3 is 5.11 Å². The van der Waals surface area contributed by atoms with E-state index in [1.54, 1.807) is 57.2 Å². The van der Waals surface area contributed by atoms with E-state index in [0.29, 0.717) is 12.8 Å². The van der Waals surface area contributed by atoms with Crippen LogP contribution >= 0.6 is 22.6 Å². The van der Waals surface area contributed by atoms with Crippen LogP contribution in [0.2, 0.25) is 0 Å². The van der Waals surface area contributed by atoms with Gasteiger partial charge in [0, 0.05) is 16.2 Å². The van der Waals surface area contributed by atoms with Crippen LogP contribution in [-0.4, -0.2) is 29.5 Å². The molecule has 0 aliphatic rings. The Balaban J connectivity index is -0.000000461. The summed E-state index contributed by atoms with van der Waals surface area (Å²) in [6.07, 6.45) is 3.47. The largest absolute Gasteiger partial charge is 1.00 e. The smallest absolute Gasteiger partial charge is 0.850 e. The van der Waals surface area contributed by atoms with E-state index in [-0.39, 0.29) is 67.6 Å². The van der Waals surface area contributed by atoms with Crippen LogP contribution < -0.4 is 56.5 Å². The van der Waals surface area contributed by atoms with Gasteiger partial charge in [0.1, 0.15) is 21.6 Å². The topological polar surface area (TPSA) is 57.2 Å². The Morgan fingerprint density at radius 1 is 0.838 bits per heavy atom. The van der Waals surface area contributed by atoms with Crippen LogP contribution in [0.15, 0.2) is 70.5 Å². The Morgan fingerprint density at radius 2 is 1.22 bits per heavy atom. The number of alkyl halides is 5. The van der Waals surface area contributed by atoms with Gasteiger partial charge in [0.05, 0.1) is 0 Å². The molecule has 0 aliphatic carbocycles. The summed E-state index contributed by atoms with van der Waals surface area (Å²) in [4.78, 5) is 0.362. The van der Waals surface area contributed by atoms with Gasteiger partial charge in [0.25, 0.3) is 0 Å². The Labute approximate surface area is 281 Å². The van der Waals surface area contributed by atoms with Crippen molar-refractivity contribution in [3.8, 4) is 0 Å². The molecule has 0 aromatic heterocycles. The van der Waals surface area contributed by atoms with Crippen LogP contribution in [0.25, 0.3) is 0 Å². The molecule has 0 radical (unpaired) electrons. The van der Waals surface area contributed by atoms with Crippen LogP contribution in [0.1, 0.15) is 66.7 Å². The van der Waals surface area contributed by atoms with Gasteiger partial charge in [-0.3, -0.25) is 0 Å². The minimum atomic E-state index is -3.11. The summed E-state index contributed by atoms with van der Waals surface area (Å²) in [7, 11) is -4.40. The van der Waals surface area contributed by atoms with E-state index in [1.165, 1.54) is 41.5 Å². The van der Waals surface area contributed by atoms with Crippen molar-refractivity contribution in [2.75, 3.05) is 4.43 Å². The Hall–Kier alpha value is 0.786. The zero-order valence-electron chi connectivity index (χ0n) is 22.5. The molecule has 11 heteroatoms. The molecule has 0 spiro atoms. The first-order chi connectivity index (χ1) is 16.7. The zero-order chi connectivity index (χ0) is 28.2. The van der Waals surface area contributed by atoms with E-state index < -0.39 is 38.2 Å². The van der Waals surface area contributed by atoms with E-state index in [0.717, 1.165) is 0 Å². The maximum absolute atomic E-state index is 13.4. The molecule has 0 amide bonds.